The van der Waals surface area contributed by atoms with Gasteiger partial charge in [-0.05, 0) is 76.3 Å². The molecule has 34 heavy (non-hydrogen) atoms. The van der Waals surface area contributed by atoms with Gasteiger partial charge in [-0.15, -0.1) is 0 Å². The van der Waals surface area contributed by atoms with E-state index < -0.39 is 10.0 Å². The lowest BCUT2D eigenvalue weighted by atomic mass is 10.2. The molecular weight excluding hydrogens is 452 g/mol. The van der Waals surface area contributed by atoms with Crippen molar-refractivity contribution in [2.24, 2.45) is 0 Å². The van der Waals surface area contributed by atoms with Gasteiger partial charge >= 0.3 is 0 Å². The van der Waals surface area contributed by atoms with E-state index in [0.29, 0.717) is 17.8 Å². The van der Waals surface area contributed by atoms with Crippen LogP contribution in [0.25, 0.3) is 0 Å². The van der Waals surface area contributed by atoms with Crippen LogP contribution in [0.2, 0.25) is 0 Å². The van der Waals surface area contributed by atoms with Crippen molar-refractivity contribution in [2.45, 2.75) is 24.2 Å². The van der Waals surface area contributed by atoms with Crippen molar-refractivity contribution in [3.63, 3.8) is 0 Å². The minimum atomic E-state index is -3.60. The maximum absolute atomic E-state index is 12.7. The number of nitrogens with zero attached hydrogens (tertiary/aromatic N) is 4. The molecule has 1 amide bonds. The summed E-state index contributed by atoms with van der Waals surface area (Å²) < 4.78 is 27.8. The van der Waals surface area contributed by atoms with Gasteiger partial charge in [0, 0.05) is 56.2 Å². The zero-order valence-electron chi connectivity index (χ0n) is 19.7. The number of amides is 1. The Morgan fingerprint density at radius 1 is 1.00 bits per heavy atom. The van der Waals surface area contributed by atoms with Crippen LogP contribution in [0.3, 0.4) is 0 Å². The van der Waals surface area contributed by atoms with Crippen LogP contribution in [-0.2, 0) is 10.0 Å². The Kier molecular flexibility index (Phi) is 8.15. The van der Waals surface area contributed by atoms with Crippen LogP contribution >= 0.6 is 0 Å². The number of rotatable bonds is 9. The molecule has 10 heteroatoms. The predicted octanol–water partition coefficient (Wildman–Crippen LogP) is 1.85. The monoisotopic (exact) mass is 486 g/mol. The van der Waals surface area contributed by atoms with E-state index >= 15 is 0 Å². The quantitative estimate of drug-likeness (QED) is 0.522. The molecule has 2 aliphatic rings. The predicted molar refractivity (Wildman–Crippen MR) is 134 cm³/mol. The summed E-state index contributed by atoms with van der Waals surface area (Å²) in [5, 5.41) is 2.89. The second kappa shape index (κ2) is 11.3. The van der Waals surface area contributed by atoms with Crippen LogP contribution < -0.4 is 14.9 Å². The molecule has 0 saturated carbocycles. The molecule has 3 heterocycles. The first-order valence-electron chi connectivity index (χ1n) is 11.9. The smallest absolute Gasteiger partial charge is 0.255 e. The highest BCUT2D eigenvalue weighted by atomic mass is 32.2. The van der Waals surface area contributed by atoms with Gasteiger partial charge in [0.1, 0.15) is 5.82 Å². The minimum Gasteiger partial charge on any atom is -0.354 e. The lowest BCUT2D eigenvalue weighted by molar-refractivity contribution is 0.102. The summed E-state index contributed by atoms with van der Waals surface area (Å²) in [5.41, 5.74) is 1.05. The van der Waals surface area contributed by atoms with Crippen LogP contribution in [0.4, 0.5) is 11.5 Å². The maximum Gasteiger partial charge on any atom is 0.255 e. The molecule has 2 aliphatic heterocycles. The number of likely N-dealkylation sites (tertiary alicyclic amines) is 1. The molecule has 1 aromatic carbocycles. The Bertz CT molecular complexity index is 1060. The van der Waals surface area contributed by atoms with Crippen molar-refractivity contribution in [3.8, 4) is 0 Å². The highest BCUT2D eigenvalue weighted by Crippen LogP contribution is 2.19. The van der Waals surface area contributed by atoms with Crippen molar-refractivity contribution < 1.29 is 13.2 Å². The molecule has 0 spiro atoms. The molecule has 184 valence electrons. The minimum absolute atomic E-state index is 0.159. The standard InChI is InChI=1S/C24H34N6O3S/c1-28-15-17-30(18-16-28)23-19-21(9-11-25-23)27-24(31)20-5-7-22(8-6-20)34(32,33)26-10-4-14-29-12-2-3-13-29/h5-9,11,19,26H,2-4,10,12-18H2,1H3,(H,25,27,31). The van der Waals surface area contributed by atoms with Crippen LogP contribution in [0.5, 0.6) is 0 Å². The van der Waals surface area contributed by atoms with E-state index in [-0.39, 0.29) is 10.8 Å². The number of piperazine rings is 1. The normalized spacial score (nSPS) is 17.7. The van der Waals surface area contributed by atoms with Crippen molar-refractivity contribution in [3.05, 3.63) is 48.2 Å². The number of nitrogens with one attached hydrogen (secondary N) is 2. The van der Waals surface area contributed by atoms with Gasteiger partial charge in [0.15, 0.2) is 0 Å². The van der Waals surface area contributed by atoms with Crippen molar-refractivity contribution in [1.29, 1.82) is 0 Å². The summed E-state index contributed by atoms with van der Waals surface area (Å²) in [6.45, 7) is 7.25. The van der Waals surface area contributed by atoms with Gasteiger partial charge in [-0.1, -0.05) is 0 Å². The number of sulfonamides is 1. The second-order valence-corrected chi connectivity index (χ2v) is 10.7. The third-order valence-electron chi connectivity index (χ3n) is 6.40. The fraction of sp³-hybridized carbons (Fsp3) is 0.500. The number of likely N-dealkylation sites (N-methyl/N-ethyl adjacent to an activating group) is 1. The zero-order chi connectivity index (χ0) is 24.0. The van der Waals surface area contributed by atoms with Crippen molar-refractivity contribution in [2.75, 3.05) is 69.6 Å². The average molecular weight is 487 g/mol. The number of carbonyl (C=O) groups is 1. The lowest BCUT2D eigenvalue weighted by Gasteiger charge is -2.33. The third-order valence-corrected chi connectivity index (χ3v) is 7.88. The molecule has 2 aromatic rings. The largest absolute Gasteiger partial charge is 0.354 e. The highest BCUT2D eigenvalue weighted by Gasteiger charge is 2.18. The Morgan fingerprint density at radius 2 is 1.71 bits per heavy atom. The molecule has 4 rings (SSSR count). The Morgan fingerprint density at radius 3 is 2.41 bits per heavy atom. The number of aromatic nitrogens is 1. The average Bonchev–Trinajstić information content (AvgIpc) is 3.36. The van der Waals surface area contributed by atoms with Gasteiger partial charge in [0.2, 0.25) is 10.0 Å². The fourth-order valence-corrected chi connectivity index (χ4v) is 5.37. The Labute approximate surface area is 202 Å². The van der Waals surface area contributed by atoms with Gasteiger partial charge in [0.25, 0.3) is 5.91 Å². The fourth-order valence-electron chi connectivity index (χ4n) is 4.29. The van der Waals surface area contributed by atoms with Crippen LogP contribution in [-0.4, -0.2) is 88.5 Å². The van der Waals surface area contributed by atoms with Crippen LogP contribution in [0, 0.1) is 0 Å². The van der Waals surface area contributed by atoms with Crippen molar-refractivity contribution >= 4 is 27.4 Å². The topological polar surface area (TPSA) is 97.9 Å². The number of benzene rings is 1. The number of pyridine rings is 1. The molecular formula is C24H34N6O3S. The van der Waals surface area contributed by atoms with Gasteiger partial charge in [-0.2, -0.15) is 0 Å². The van der Waals surface area contributed by atoms with Crippen LogP contribution in [0.1, 0.15) is 29.6 Å². The first-order chi connectivity index (χ1) is 16.4. The molecule has 2 saturated heterocycles. The van der Waals surface area contributed by atoms with Crippen molar-refractivity contribution in [1.82, 2.24) is 19.5 Å². The molecule has 0 atom stereocenters. The summed E-state index contributed by atoms with van der Waals surface area (Å²) in [4.78, 5) is 24.2. The van der Waals surface area contributed by atoms with E-state index in [4.69, 9.17) is 0 Å². The Hall–Kier alpha value is -2.53. The number of carbonyl (C=O) groups excluding carboxylic acids is 1. The molecule has 1 aromatic heterocycles. The third kappa shape index (κ3) is 6.53. The van der Waals surface area contributed by atoms with E-state index in [0.717, 1.165) is 58.1 Å². The zero-order valence-corrected chi connectivity index (χ0v) is 20.6. The highest BCUT2D eigenvalue weighted by molar-refractivity contribution is 7.89. The summed E-state index contributed by atoms with van der Waals surface area (Å²) in [6.07, 6.45) is 4.92. The first kappa shape index (κ1) is 24.6. The maximum atomic E-state index is 12.7. The molecule has 0 unspecified atom stereocenters. The summed E-state index contributed by atoms with van der Waals surface area (Å²) in [7, 11) is -1.50. The van der Waals surface area contributed by atoms with Gasteiger partial charge < -0.3 is 20.0 Å². The van der Waals surface area contributed by atoms with E-state index in [9.17, 15) is 13.2 Å². The molecule has 0 aliphatic carbocycles. The van der Waals surface area contributed by atoms with Gasteiger partial charge in [-0.3, -0.25) is 4.79 Å². The molecule has 0 radical (unpaired) electrons. The van der Waals surface area contributed by atoms with Gasteiger partial charge in [0.05, 0.1) is 4.90 Å². The molecule has 9 nitrogen and oxygen atoms in total. The van der Waals surface area contributed by atoms with E-state index in [1.54, 1.807) is 12.3 Å². The number of hydrogen-bond acceptors (Lipinski definition) is 7. The van der Waals surface area contributed by atoms with Gasteiger partial charge in [-0.25, -0.2) is 18.1 Å². The molecule has 2 N–H and O–H groups in total. The summed E-state index contributed by atoms with van der Waals surface area (Å²) in [6, 6.07) is 9.64. The number of anilines is 2. The van der Waals surface area contributed by atoms with E-state index in [2.05, 4.69) is 36.8 Å². The van der Waals surface area contributed by atoms with E-state index in [1.807, 2.05) is 6.07 Å². The Balaban J connectivity index is 1.30. The number of hydrogen-bond donors (Lipinski definition) is 2. The first-order valence-corrected chi connectivity index (χ1v) is 13.4. The van der Waals surface area contributed by atoms with Crippen LogP contribution in [0.15, 0.2) is 47.5 Å². The molecule has 2 fully saturated rings. The summed E-state index contributed by atoms with van der Waals surface area (Å²) in [5.74, 6) is 0.543. The van der Waals surface area contributed by atoms with E-state index in [1.165, 1.54) is 37.1 Å². The summed E-state index contributed by atoms with van der Waals surface area (Å²) >= 11 is 0. The second-order valence-electron chi connectivity index (χ2n) is 8.97. The molecule has 0 bridgehead atoms. The SMILES string of the molecule is CN1CCN(c2cc(NC(=O)c3ccc(S(=O)(=O)NCCCN4CCCC4)cc3)ccn2)CC1. The lowest BCUT2D eigenvalue weighted by Crippen LogP contribution is -2.44.